The Kier molecular flexibility index (Phi) is 3.33. The van der Waals surface area contributed by atoms with Crippen molar-refractivity contribution < 1.29 is 24.5 Å². The van der Waals surface area contributed by atoms with Crippen LogP contribution in [0.4, 0.5) is 0 Å². The Morgan fingerprint density at radius 3 is 2.92 bits per heavy atom. The average Bonchev–Trinajstić information content (AvgIpc) is 3.01. The van der Waals surface area contributed by atoms with Crippen LogP contribution in [0.2, 0.25) is 0 Å². The Morgan fingerprint density at radius 1 is 1.35 bits per heavy atom. The fourth-order valence-electron chi connectivity index (χ4n) is 6.80. The van der Waals surface area contributed by atoms with Gasteiger partial charge in [0.2, 0.25) is 0 Å². The smallest absolute Gasteiger partial charge is 0.309 e. The molecule has 0 bridgehead atoms. The fraction of sp³-hybridized carbons (Fsp3) is 0.667. The zero-order valence-corrected chi connectivity index (χ0v) is 15.3. The number of methoxy groups -OCH3 is 1. The predicted octanol–water partition coefficient (Wildman–Crippen LogP) is 2.53. The summed E-state index contributed by atoms with van der Waals surface area (Å²) in [5.41, 5.74) is 1.03. The molecule has 1 aliphatic heterocycles. The van der Waals surface area contributed by atoms with Gasteiger partial charge in [0.25, 0.3) is 0 Å². The van der Waals surface area contributed by atoms with Crippen molar-refractivity contribution in [3.8, 4) is 5.75 Å². The van der Waals surface area contributed by atoms with E-state index in [0.29, 0.717) is 17.6 Å². The van der Waals surface area contributed by atoms with Crippen molar-refractivity contribution in [2.45, 2.75) is 62.8 Å². The van der Waals surface area contributed by atoms with Crippen LogP contribution in [0.1, 0.15) is 49.7 Å². The Bertz CT molecular complexity index is 776. The highest BCUT2D eigenvalue weighted by molar-refractivity contribution is 5.74. The number of aliphatic hydroxyl groups is 1. The van der Waals surface area contributed by atoms with Crippen molar-refractivity contribution in [1.82, 2.24) is 0 Å². The van der Waals surface area contributed by atoms with Crippen molar-refractivity contribution in [2.24, 2.45) is 17.3 Å². The van der Waals surface area contributed by atoms with Gasteiger partial charge in [0.05, 0.1) is 12.5 Å². The number of aromatic hydroxyl groups is 1. The summed E-state index contributed by atoms with van der Waals surface area (Å²) in [6, 6.07) is 5.69. The number of carbonyl (C=O) groups is 1. The molecule has 7 atom stereocenters. The largest absolute Gasteiger partial charge is 0.508 e. The molecule has 3 fully saturated rings. The number of phenols is 1. The van der Waals surface area contributed by atoms with Gasteiger partial charge in [-0.2, -0.15) is 0 Å². The van der Waals surface area contributed by atoms with Crippen molar-refractivity contribution in [3.05, 3.63) is 29.3 Å². The number of hydrogen-bond donors (Lipinski definition) is 2. The number of carbonyl (C=O) groups excluding carboxylic acids is 1. The molecule has 1 aromatic carbocycles. The van der Waals surface area contributed by atoms with E-state index in [1.165, 1.54) is 11.1 Å². The lowest BCUT2D eigenvalue weighted by molar-refractivity contribution is -0.146. The Labute approximate surface area is 153 Å². The molecule has 1 aromatic rings. The molecule has 0 aromatic heterocycles. The summed E-state index contributed by atoms with van der Waals surface area (Å²) in [5, 5.41) is 21.3. The van der Waals surface area contributed by atoms with E-state index in [9.17, 15) is 15.0 Å². The molecule has 2 N–H and O–H groups in total. The molecule has 0 spiro atoms. The van der Waals surface area contributed by atoms with Crippen LogP contribution in [0, 0.1) is 17.3 Å². The second kappa shape index (κ2) is 5.23. The molecule has 5 nitrogen and oxygen atoms in total. The van der Waals surface area contributed by atoms with Crippen LogP contribution in [0.3, 0.4) is 0 Å². The van der Waals surface area contributed by atoms with Gasteiger partial charge in [-0.3, -0.25) is 4.79 Å². The highest BCUT2D eigenvalue weighted by atomic mass is 16.6. The number of ether oxygens (including phenoxy) is 2. The standard InChI is InChI=1S/C21H26O5/c1-20-9-16(25-2)19-13-6-4-12(22)7-11(13)3-5-14(19)15(20)8-17-21(20,24)10-18(23)26-17/h4,6-7,14-17,19,22,24H,3,5,8-10H2,1-2H3/t14-,15-,16-,17?,19+,20-,21+/m0/s1. The Balaban J connectivity index is 1.59. The number of phenolic OH excluding ortho intramolecular Hbond substituents is 1. The summed E-state index contributed by atoms with van der Waals surface area (Å²) in [4.78, 5) is 11.9. The van der Waals surface area contributed by atoms with Crippen molar-refractivity contribution in [1.29, 1.82) is 0 Å². The van der Waals surface area contributed by atoms with E-state index in [2.05, 4.69) is 6.92 Å². The van der Waals surface area contributed by atoms with Crippen molar-refractivity contribution in [3.63, 3.8) is 0 Å². The van der Waals surface area contributed by atoms with Gasteiger partial charge in [0, 0.05) is 18.4 Å². The Morgan fingerprint density at radius 2 is 2.15 bits per heavy atom. The van der Waals surface area contributed by atoms with E-state index in [0.717, 1.165) is 25.7 Å². The summed E-state index contributed by atoms with van der Waals surface area (Å²) in [6.45, 7) is 2.13. The molecule has 26 heavy (non-hydrogen) atoms. The fourth-order valence-corrected chi connectivity index (χ4v) is 6.80. The van der Waals surface area contributed by atoms with Crippen molar-refractivity contribution >= 4 is 5.97 Å². The lowest BCUT2D eigenvalue weighted by Crippen LogP contribution is -2.56. The van der Waals surface area contributed by atoms with Gasteiger partial charge >= 0.3 is 5.97 Å². The van der Waals surface area contributed by atoms with Gasteiger partial charge in [-0.25, -0.2) is 0 Å². The highest BCUT2D eigenvalue weighted by Gasteiger charge is 2.71. The van der Waals surface area contributed by atoms with Gasteiger partial charge in [-0.1, -0.05) is 13.0 Å². The zero-order chi connectivity index (χ0) is 18.3. The van der Waals surface area contributed by atoms with Crippen LogP contribution in [-0.2, 0) is 20.7 Å². The van der Waals surface area contributed by atoms with Crippen LogP contribution in [0.5, 0.6) is 5.75 Å². The maximum absolute atomic E-state index is 11.9. The minimum absolute atomic E-state index is 0.0108. The molecule has 1 heterocycles. The number of rotatable bonds is 1. The van der Waals surface area contributed by atoms with Crippen LogP contribution >= 0.6 is 0 Å². The van der Waals surface area contributed by atoms with Crippen LogP contribution in [0.25, 0.3) is 0 Å². The topological polar surface area (TPSA) is 76.0 Å². The summed E-state index contributed by atoms with van der Waals surface area (Å²) in [6.07, 6.45) is 3.10. The number of benzene rings is 1. The summed E-state index contributed by atoms with van der Waals surface area (Å²) >= 11 is 0. The molecule has 140 valence electrons. The van der Waals surface area contributed by atoms with Crippen LogP contribution in [-0.4, -0.2) is 41.1 Å². The first-order valence-corrected chi connectivity index (χ1v) is 9.64. The van der Waals surface area contributed by atoms with Crippen LogP contribution in [0.15, 0.2) is 18.2 Å². The monoisotopic (exact) mass is 358 g/mol. The molecular formula is C21H26O5. The van der Waals surface area contributed by atoms with E-state index in [-0.39, 0.29) is 35.9 Å². The van der Waals surface area contributed by atoms with Gasteiger partial charge < -0.3 is 19.7 Å². The first-order valence-electron chi connectivity index (χ1n) is 9.64. The summed E-state index contributed by atoms with van der Waals surface area (Å²) in [7, 11) is 1.74. The van der Waals surface area contributed by atoms with Gasteiger partial charge in [0.15, 0.2) is 0 Å². The minimum Gasteiger partial charge on any atom is -0.508 e. The lowest BCUT2D eigenvalue weighted by atomic mass is 9.52. The van der Waals surface area contributed by atoms with Crippen molar-refractivity contribution in [2.75, 3.05) is 7.11 Å². The van der Waals surface area contributed by atoms with E-state index in [1.54, 1.807) is 13.2 Å². The maximum Gasteiger partial charge on any atom is 0.309 e. The molecule has 3 aliphatic carbocycles. The quantitative estimate of drug-likeness (QED) is 0.755. The normalized spacial score (nSPS) is 46.1. The molecule has 0 radical (unpaired) electrons. The maximum atomic E-state index is 11.9. The van der Waals surface area contributed by atoms with Crippen LogP contribution < -0.4 is 0 Å². The molecule has 4 aliphatic rings. The first kappa shape index (κ1) is 16.6. The number of hydrogen-bond acceptors (Lipinski definition) is 5. The van der Waals surface area contributed by atoms with Gasteiger partial charge in [-0.15, -0.1) is 0 Å². The number of fused-ring (bicyclic) bond motifs is 7. The molecular weight excluding hydrogens is 332 g/mol. The lowest BCUT2D eigenvalue weighted by Gasteiger charge is -2.55. The van der Waals surface area contributed by atoms with E-state index in [1.807, 2.05) is 12.1 Å². The minimum atomic E-state index is -1.08. The predicted molar refractivity (Wildman–Crippen MR) is 93.7 cm³/mol. The SMILES string of the molecule is CO[C@H]1C[C@@]2(C)[C@@H](CC3OC(=O)C[C@@]32O)[C@@H]2CCc3cc(O)ccc3[C@H]21. The molecule has 5 rings (SSSR count). The first-order chi connectivity index (χ1) is 12.4. The van der Waals surface area contributed by atoms with Gasteiger partial charge in [-0.05, 0) is 60.8 Å². The zero-order valence-electron chi connectivity index (χ0n) is 15.3. The molecule has 1 unspecified atom stereocenters. The Hall–Kier alpha value is -1.59. The van der Waals surface area contributed by atoms with Gasteiger partial charge in [0.1, 0.15) is 17.5 Å². The second-order valence-electron chi connectivity index (χ2n) is 8.93. The third-order valence-corrected chi connectivity index (χ3v) is 8.03. The molecule has 0 amide bonds. The second-order valence-corrected chi connectivity index (χ2v) is 8.93. The third kappa shape index (κ3) is 1.91. The number of esters is 1. The summed E-state index contributed by atoms with van der Waals surface area (Å²) < 4.78 is 11.5. The van der Waals surface area contributed by atoms with E-state index < -0.39 is 5.60 Å². The average molecular weight is 358 g/mol. The molecule has 1 saturated heterocycles. The highest BCUT2D eigenvalue weighted by Crippen LogP contribution is 2.67. The third-order valence-electron chi connectivity index (χ3n) is 8.03. The molecule has 5 heteroatoms. The number of aryl methyl sites for hydroxylation is 1. The summed E-state index contributed by atoms with van der Waals surface area (Å²) in [5.74, 6) is 1.000. The van der Waals surface area contributed by atoms with E-state index in [4.69, 9.17) is 9.47 Å². The molecule has 2 saturated carbocycles. The van der Waals surface area contributed by atoms with E-state index >= 15 is 0 Å².